The summed E-state index contributed by atoms with van der Waals surface area (Å²) in [4.78, 5) is 24.6. The van der Waals surface area contributed by atoms with E-state index >= 15 is 0 Å². The predicted molar refractivity (Wildman–Crippen MR) is 356 cm³/mol. The van der Waals surface area contributed by atoms with Crippen LogP contribution in [0.5, 0.6) is 0 Å². The summed E-state index contributed by atoms with van der Waals surface area (Å²) in [7, 11) is 0. The van der Waals surface area contributed by atoms with Gasteiger partial charge in [-0.2, -0.15) is 0 Å². The van der Waals surface area contributed by atoms with Gasteiger partial charge in [-0.05, 0) is 77.0 Å². The number of allylic oxidation sites excluding steroid dienone is 4. The van der Waals surface area contributed by atoms with Crippen LogP contribution in [0.3, 0.4) is 0 Å². The zero-order chi connectivity index (χ0) is 58.5. The molecular weight excluding hydrogens is 995 g/mol. The summed E-state index contributed by atoms with van der Waals surface area (Å²) in [6.45, 7) is 4.99. The van der Waals surface area contributed by atoms with Crippen molar-refractivity contribution in [2.75, 3.05) is 13.2 Å². The number of hydrogen-bond acceptors (Lipinski definition) is 5. The number of unbranched alkanes of at least 4 members (excludes halogenated alkanes) is 55. The number of aliphatic hydroxyl groups is 2. The lowest BCUT2D eigenvalue weighted by Crippen LogP contribution is -2.45. The number of nitrogens with one attached hydrogen (secondary N) is 1. The highest BCUT2D eigenvalue weighted by atomic mass is 16.5. The van der Waals surface area contributed by atoms with Crippen LogP contribution in [0.1, 0.15) is 418 Å². The topological polar surface area (TPSA) is 95.9 Å². The van der Waals surface area contributed by atoms with Crippen LogP contribution in [0.4, 0.5) is 0 Å². The first kappa shape index (κ1) is 79.3. The molecule has 6 heteroatoms. The molecule has 480 valence electrons. The average molecular weight is 1140 g/mol. The van der Waals surface area contributed by atoms with Crippen LogP contribution < -0.4 is 5.32 Å². The van der Waals surface area contributed by atoms with Crippen molar-refractivity contribution in [3.8, 4) is 0 Å². The highest BCUT2D eigenvalue weighted by molar-refractivity contribution is 5.76. The smallest absolute Gasteiger partial charge is 0.305 e. The summed E-state index contributed by atoms with van der Waals surface area (Å²) in [6, 6.07) is -0.540. The molecule has 6 nitrogen and oxygen atoms in total. The van der Waals surface area contributed by atoms with E-state index in [4.69, 9.17) is 4.74 Å². The van der Waals surface area contributed by atoms with E-state index in [1.165, 1.54) is 340 Å². The van der Waals surface area contributed by atoms with Crippen molar-refractivity contribution in [1.29, 1.82) is 0 Å². The maximum atomic E-state index is 12.5. The minimum atomic E-state index is -0.663. The van der Waals surface area contributed by atoms with Crippen LogP contribution in [0.15, 0.2) is 24.3 Å². The number of amides is 1. The van der Waals surface area contributed by atoms with Gasteiger partial charge in [-0.15, -0.1) is 0 Å². The Balaban J connectivity index is 3.35. The van der Waals surface area contributed by atoms with E-state index in [9.17, 15) is 19.8 Å². The van der Waals surface area contributed by atoms with Crippen LogP contribution in [-0.2, 0) is 14.3 Å². The Kier molecular flexibility index (Phi) is 69.4. The van der Waals surface area contributed by atoms with Crippen molar-refractivity contribution >= 4 is 11.9 Å². The molecule has 0 aromatic carbocycles. The summed E-state index contributed by atoms with van der Waals surface area (Å²) in [5.41, 5.74) is 0. The largest absolute Gasteiger partial charge is 0.466 e. The number of hydrogen-bond donors (Lipinski definition) is 3. The fourth-order valence-electron chi connectivity index (χ4n) is 11.8. The molecule has 0 aliphatic carbocycles. The van der Waals surface area contributed by atoms with E-state index in [1.807, 2.05) is 0 Å². The van der Waals surface area contributed by atoms with Gasteiger partial charge in [-0.25, -0.2) is 0 Å². The van der Waals surface area contributed by atoms with Gasteiger partial charge in [0.25, 0.3) is 0 Å². The molecule has 1 amide bonds. The molecule has 3 N–H and O–H groups in total. The number of rotatable bonds is 70. The molecule has 0 bridgehead atoms. The molecule has 81 heavy (non-hydrogen) atoms. The molecule has 0 radical (unpaired) electrons. The summed E-state index contributed by atoms with van der Waals surface area (Å²) < 4.78 is 5.50. The Bertz CT molecular complexity index is 1270. The molecular formula is C75H145NO5. The first-order valence-electron chi connectivity index (χ1n) is 37.1. The average Bonchev–Trinajstić information content (AvgIpc) is 3.47. The van der Waals surface area contributed by atoms with Gasteiger partial charge >= 0.3 is 5.97 Å². The quantitative estimate of drug-likeness (QED) is 0.0320. The highest BCUT2D eigenvalue weighted by Gasteiger charge is 2.20. The van der Waals surface area contributed by atoms with Gasteiger partial charge in [0, 0.05) is 12.8 Å². The zero-order valence-electron chi connectivity index (χ0n) is 55.0. The van der Waals surface area contributed by atoms with E-state index in [0.717, 1.165) is 44.9 Å². The number of carbonyl (C=O) groups is 2. The molecule has 2 atom stereocenters. The number of ether oxygens (including phenoxy) is 1. The third-order valence-corrected chi connectivity index (χ3v) is 17.5. The molecule has 0 rings (SSSR count). The summed E-state index contributed by atoms with van der Waals surface area (Å²) in [5.74, 6) is -0.0150. The predicted octanol–water partition coefficient (Wildman–Crippen LogP) is 24.1. The van der Waals surface area contributed by atoms with Crippen molar-refractivity contribution in [2.24, 2.45) is 0 Å². The van der Waals surface area contributed by atoms with E-state index in [-0.39, 0.29) is 18.5 Å². The van der Waals surface area contributed by atoms with Crippen molar-refractivity contribution in [3.63, 3.8) is 0 Å². The van der Waals surface area contributed by atoms with Gasteiger partial charge in [0.05, 0.1) is 25.4 Å². The van der Waals surface area contributed by atoms with E-state index in [2.05, 4.69) is 43.5 Å². The second-order valence-electron chi connectivity index (χ2n) is 25.6. The Labute approximate surface area is 507 Å². The molecule has 2 unspecified atom stereocenters. The fraction of sp³-hybridized carbons (Fsp3) is 0.920. The van der Waals surface area contributed by atoms with Gasteiger partial charge in [-0.3, -0.25) is 9.59 Å². The normalized spacial score (nSPS) is 12.6. The van der Waals surface area contributed by atoms with Gasteiger partial charge in [0.1, 0.15) is 0 Å². The first-order valence-corrected chi connectivity index (χ1v) is 37.1. The molecule has 0 saturated carbocycles. The molecule has 0 aromatic rings. The molecule has 0 saturated heterocycles. The third-order valence-electron chi connectivity index (χ3n) is 17.5. The van der Waals surface area contributed by atoms with Gasteiger partial charge in [0.2, 0.25) is 5.91 Å². The second kappa shape index (κ2) is 70.8. The molecule has 0 aromatic heterocycles. The van der Waals surface area contributed by atoms with E-state index < -0.39 is 12.1 Å². The van der Waals surface area contributed by atoms with E-state index in [0.29, 0.717) is 25.9 Å². The number of carbonyl (C=O) groups excluding carboxylic acids is 2. The minimum Gasteiger partial charge on any atom is -0.466 e. The monoisotopic (exact) mass is 1140 g/mol. The Morgan fingerprint density at radius 2 is 0.580 bits per heavy atom. The summed E-state index contributed by atoms with van der Waals surface area (Å²) >= 11 is 0. The zero-order valence-corrected chi connectivity index (χ0v) is 55.0. The van der Waals surface area contributed by atoms with Crippen molar-refractivity contribution < 1.29 is 24.5 Å². The number of esters is 1. The molecule has 0 aliphatic heterocycles. The lowest BCUT2D eigenvalue weighted by molar-refractivity contribution is -0.143. The van der Waals surface area contributed by atoms with Crippen LogP contribution >= 0.6 is 0 Å². The van der Waals surface area contributed by atoms with Crippen LogP contribution in [0.2, 0.25) is 0 Å². The van der Waals surface area contributed by atoms with Crippen LogP contribution in [0, 0.1) is 0 Å². The molecule has 0 fully saturated rings. The maximum absolute atomic E-state index is 12.5. The minimum absolute atomic E-state index is 0.0146. The standard InChI is InChI=1S/C75H145NO5/c1-3-5-7-9-11-13-15-17-19-35-39-43-47-51-55-59-63-67-73(78)72(71-77)76-74(79)68-64-60-56-52-48-44-40-37-33-31-29-27-25-23-21-22-24-26-28-30-32-34-38-42-46-50-54-58-62-66-70-81-75(80)69-65-61-57-53-49-45-41-36-20-18-16-14-12-10-8-6-4-2/h18,20,22,24,72-73,77-78H,3-17,19,21,23,25-71H2,1-2H3,(H,76,79)/b20-18-,24-22-. The van der Waals surface area contributed by atoms with Crippen molar-refractivity contribution in [3.05, 3.63) is 24.3 Å². The first-order chi connectivity index (χ1) is 40.0. The fourth-order valence-corrected chi connectivity index (χ4v) is 11.8. The van der Waals surface area contributed by atoms with Gasteiger partial charge in [-0.1, -0.05) is 353 Å². The third kappa shape index (κ3) is 67.3. The van der Waals surface area contributed by atoms with Crippen LogP contribution in [-0.4, -0.2) is 47.4 Å². The maximum Gasteiger partial charge on any atom is 0.305 e. The summed E-state index contributed by atoms with van der Waals surface area (Å²) in [6.07, 6.45) is 89.6. The second-order valence-corrected chi connectivity index (χ2v) is 25.6. The Morgan fingerprint density at radius 3 is 0.877 bits per heavy atom. The highest BCUT2D eigenvalue weighted by Crippen LogP contribution is 2.19. The lowest BCUT2D eigenvalue weighted by Gasteiger charge is -2.22. The van der Waals surface area contributed by atoms with Crippen molar-refractivity contribution in [2.45, 2.75) is 431 Å². The molecule has 0 spiro atoms. The lowest BCUT2D eigenvalue weighted by atomic mass is 10.0. The molecule has 0 aliphatic rings. The SMILES string of the molecule is CCCCCCCC/C=C\CCCCCCCCCC(=O)OCCCCCCCCCCCCCC/C=C\CCCCCCCCCCCCCCCCC(=O)NC(CO)C(O)CCCCCCCCCCCCCCCCCCC. The summed E-state index contributed by atoms with van der Waals surface area (Å²) in [5, 5.41) is 23.4. The Morgan fingerprint density at radius 1 is 0.333 bits per heavy atom. The Hall–Kier alpha value is -1.66. The van der Waals surface area contributed by atoms with E-state index in [1.54, 1.807) is 0 Å². The van der Waals surface area contributed by atoms with Crippen LogP contribution in [0.25, 0.3) is 0 Å². The number of aliphatic hydroxyl groups excluding tert-OH is 2. The van der Waals surface area contributed by atoms with Gasteiger partial charge < -0.3 is 20.3 Å². The van der Waals surface area contributed by atoms with Crippen molar-refractivity contribution in [1.82, 2.24) is 5.32 Å². The molecule has 0 heterocycles. The van der Waals surface area contributed by atoms with Gasteiger partial charge in [0.15, 0.2) is 0 Å².